The molecule has 216 valence electrons. The maximum atomic E-state index is 13.7. The van der Waals surface area contributed by atoms with Gasteiger partial charge >= 0.3 is 12.4 Å². The van der Waals surface area contributed by atoms with Crippen LogP contribution in [0.3, 0.4) is 0 Å². The number of nitrogens with zero attached hydrogens (tertiary/aromatic N) is 4. The standard InChI is InChI=1S/C30H29F6N5/c1-2-41(22-7-4-3-5-8-22)18-21-17-26(38-20-12-10-19(11-13-20)29(31,32)33)23-14-15-25(40-28(23)39-21)27-24(30(34,35)36)9-6-16-37-27/h6,9-17,22H,2-5,7-8,18H2,1H3,(H,38,39,40). The highest BCUT2D eigenvalue weighted by molar-refractivity contribution is 5.92. The molecule has 4 aromatic rings. The van der Waals surface area contributed by atoms with Crippen LogP contribution in [-0.2, 0) is 18.9 Å². The van der Waals surface area contributed by atoms with Crippen LogP contribution in [0.1, 0.15) is 55.8 Å². The summed E-state index contributed by atoms with van der Waals surface area (Å²) in [6.45, 7) is 3.37. The van der Waals surface area contributed by atoms with Gasteiger partial charge in [-0.1, -0.05) is 26.2 Å². The van der Waals surface area contributed by atoms with Crippen LogP contribution in [-0.4, -0.2) is 32.4 Å². The van der Waals surface area contributed by atoms with Gasteiger partial charge in [0.05, 0.1) is 28.2 Å². The van der Waals surface area contributed by atoms with E-state index in [-0.39, 0.29) is 17.0 Å². The molecule has 41 heavy (non-hydrogen) atoms. The number of halogens is 6. The van der Waals surface area contributed by atoms with Crippen LogP contribution in [0.5, 0.6) is 0 Å². The van der Waals surface area contributed by atoms with Crippen molar-refractivity contribution in [2.45, 2.75) is 64.0 Å². The molecule has 1 saturated carbocycles. The molecular weight excluding hydrogens is 544 g/mol. The second-order valence-electron chi connectivity index (χ2n) is 10.2. The lowest BCUT2D eigenvalue weighted by atomic mass is 9.94. The molecule has 1 aliphatic rings. The van der Waals surface area contributed by atoms with Gasteiger partial charge in [0.2, 0.25) is 0 Å². The van der Waals surface area contributed by atoms with Crippen molar-refractivity contribution >= 4 is 22.4 Å². The van der Waals surface area contributed by atoms with Gasteiger partial charge in [-0.25, -0.2) is 9.97 Å². The molecule has 1 aliphatic carbocycles. The average molecular weight is 574 g/mol. The lowest BCUT2D eigenvalue weighted by Crippen LogP contribution is -2.36. The van der Waals surface area contributed by atoms with E-state index in [1.54, 1.807) is 6.07 Å². The van der Waals surface area contributed by atoms with Gasteiger partial charge in [-0.2, -0.15) is 26.3 Å². The van der Waals surface area contributed by atoms with E-state index in [2.05, 4.69) is 27.1 Å². The Balaban J connectivity index is 1.57. The zero-order valence-corrected chi connectivity index (χ0v) is 22.4. The fraction of sp³-hybridized carbons (Fsp3) is 0.367. The molecule has 0 radical (unpaired) electrons. The first-order chi connectivity index (χ1) is 19.5. The first kappa shape index (κ1) is 28.8. The quantitative estimate of drug-likeness (QED) is 0.224. The van der Waals surface area contributed by atoms with Crippen LogP contribution in [0.4, 0.5) is 37.7 Å². The number of anilines is 2. The summed E-state index contributed by atoms with van der Waals surface area (Å²) >= 11 is 0. The highest BCUT2D eigenvalue weighted by Crippen LogP contribution is 2.37. The van der Waals surface area contributed by atoms with Crippen molar-refractivity contribution in [1.82, 2.24) is 19.9 Å². The zero-order chi connectivity index (χ0) is 29.2. The van der Waals surface area contributed by atoms with Crippen molar-refractivity contribution in [2.75, 3.05) is 11.9 Å². The number of hydrogen-bond acceptors (Lipinski definition) is 5. The summed E-state index contributed by atoms with van der Waals surface area (Å²) in [5, 5.41) is 3.69. The maximum absolute atomic E-state index is 13.7. The molecule has 0 unspecified atom stereocenters. The lowest BCUT2D eigenvalue weighted by Gasteiger charge is -2.33. The monoisotopic (exact) mass is 573 g/mol. The predicted octanol–water partition coefficient (Wildman–Crippen LogP) is 8.63. The van der Waals surface area contributed by atoms with Gasteiger partial charge in [-0.15, -0.1) is 0 Å². The molecule has 0 spiro atoms. The normalized spacial score (nSPS) is 15.0. The Labute approximate surface area is 233 Å². The second kappa shape index (κ2) is 11.6. The number of benzene rings is 1. The maximum Gasteiger partial charge on any atom is 0.418 e. The third kappa shape index (κ3) is 6.61. The third-order valence-corrected chi connectivity index (χ3v) is 7.44. The SMILES string of the molecule is CCN(Cc1cc(Nc2ccc(C(F)(F)F)cc2)c2ccc(-c3ncccc3C(F)(F)F)nc2n1)C1CCCCC1. The number of nitrogens with one attached hydrogen (secondary N) is 1. The molecule has 0 amide bonds. The molecule has 0 saturated heterocycles. The molecule has 0 aliphatic heterocycles. The molecule has 1 N–H and O–H groups in total. The summed E-state index contributed by atoms with van der Waals surface area (Å²) in [5.74, 6) is 0. The van der Waals surface area contributed by atoms with Gasteiger partial charge < -0.3 is 5.32 Å². The van der Waals surface area contributed by atoms with Crippen molar-refractivity contribution < 1.29 is 26.3 Å². The molecular formula is C30H29F6N5. The number of hydrogen-bond donors (Lipinski definition) is 1. The van der Waals surface area contributed by atoms with Crippen LogP contribution in [0.15, 0.2) is 60.8 Å². The highest BCUT2D eigenvalue weighted by Gasteiger charge is 2.35. The van der Waals surface area contributed by atoms with E-state index in [0.29, 0.717) is 35.0 Å². The largest absolute Gasteiger partial charge is 0.418 e. The molecule has 0 bridgehead atoms. The Hall–Kier alpha value is -3.73. The third-order valence-electron chi connectivity index (χ3n) is 7.44. The van der Waals surface area contributed by atoms with E-state index in [9.17, 15) is 26.3 Å². The van der Waals surface area contributed by atoms with Gasteiger partial charge in [-0.05, 0) is 74.0 Å². The van der Waals surface area contributed by atoms with Gasteiger partial charge in [-0.3, -0.25) is 9.88 Å². The summed E-state index contributed by atoms with van der Waals surface area (Å²) < 4.78 is 80.4. The van der Waals surface area contributed by atoms with Crippen molar-refractivity contribution in [3.63, 3.8) is 0 Å². The minimum absolute atomic E-state index is 0.0233. The van der Waals surface area contributed by atoms with E-state index in [0.717, 1.165) is 50.4 Å². The minimum atomic E-state index is -4.62. The zero-order valence-electron chi connectivity index (χ0n) is 22.4. The number of fused-ring (bicyclic) bond motifs is 1. The lowest BCUT2D eigenvalue weighted by molar-refractivity contribution is -0.138. The Morgan fingerprint density at radius 1 is 0.878 bits per heavy atom. The molecule has 5 nitrogen and oxygen atoms in total. The summed E-state index contributed by atoms with van der Waals surface area (Å²) in [4.78, 5) is 15.5. The van der Waals surface area contributed by atoms with Gasteiger partial charge in [0, 0.05) is 29.9 Å². The van der Waals surface area contributed by atoms with E-state index >= 15 is 0 Å². The first-order valence-corrected chi connectivity index (χ1v) is 13.5. The Bertz CT molecular complexity index is 1490. The van der Waals surface area contributed by atoms with Crippen molar-refractivity contribution in [1.29, 1.82) is 0 Å². The van der Waals surface area contributed by atoms with Crippen molar-refractivity contribution in [3.8, 4) is 11.4 Å². The molecule has 5 rings (SSSR count). The fourth-order valence-electron chi connectivity index (χ4n) is 5.36. The van der Waals surface area contributed by atoms with Crippen LogP contribution < -0.4 is 5.32 Å². The molecule has 1 aromatic carbocycles. The fourth-order valence-corrected chi connectivity index (χ4v) is 5.36. The summed E-state index contributed by atoms with van der Waals surface area (Å²) in [7, 11) is 0. The second-order valence-corrected chi connectivity index (χ2v) is 10.2. The van der Waals surface area contributed by atoms with Crippen LogP contribution in [0, 0.1) is 0 Å². The topological polar surface area (TPSA) is 53.9 Å². The Morgan fingerprint density at radius 2 is 1.61 bits per heavy atom. The highest BCUT2D eigenvalue weighted by atomic mass is 19.4. The molecule has 11 heteroatoms. The van der Waals surface area contributed by atoms with Crippen molar-refractivity contribution in [3.05, 3.63) is 77.6 Å². The Morgan fingerprint density at radius 3 is 2.27 bits per heavy atom. The number of pyridine rings is 3. The molecule has 3 heterocycles. The summed E-state index contributed by atoms with van der Waals surface area (Å²) in [6.07, 6.45) is -2.11. The predicted molar refractivity (Wildman–Crippen MR) is 145 cm³/mol. The summed E-state index contributed by atoms with van der Waals surface area (Å²) in [6, 6.07) is 12.1. The van der Waals surface area contributed by atoms with Crippen LogP contribution in [0.25, 0.3) is 22.4 Å². The van der Waals surface area contributed by atoms with Crippen LogP contribution >= 0.6 is 0 Å². The number of alkyl halides is 6. The molecule has 0 atom stereocenters. The van der Waals surface area contributed by atoms with Crippen molar-refractivity contribution in [2.24, 2.45) is 0 Å². The van der Waals surface area contributed by atoms with Gasteiger partial charge in [0.1, 0.15) is 5.69 Å². The Kier molecular flexibility index (Phi) is 8.17. The van der Waals surface area contributed by atoms with E-state index in [1.165, 1.54) is 36.9 Å². The van der Waals surface area contributed by atoms with E-state index < -0.39 is 23.5 Å². The molecule has 1 fully saturated rings. The van der Waals surface area contributed by atoms with E-state index in [4.69, 9.17) is 4.98 Å². The summed E-state index contributed by atoms with van der Waals surface area (Å²) in [5.41, 5.74) is -0.116. The first-order valence-electron chi connectivity index (χ1n) is 13.5. The average Bonchev–Trinajstić information content (AvgIpc) is 2.95. The smallest absolute Gasteiger partial charge is 0.355 e. The van der Waals surface area contributed by atoms with Gasteiger partial charge in [0.15, 0.2) is 5.65 Å². The van der Waals surface area contributed by atoms with Crippen LogP contribution in [0.2, 0.25) is 0 Å². The molecule has 3 aromatic heterocycles. The minimum Gasteiger partial charge on any atom is -0.355 e. The van der Waals surface area contributed by atoms with E-state index in [1.807, 2.05) is 6.07 Å². The number of rotatable bonds is 7. The van der Waals surface area contributed by atoms with Gasteiger partial charge in [0.25, 0.3) is 0 Å². The number of aromatic nitrogens is 3.